The summed E-state index contributed by atoms with van der Waals surface area (Å²) in [5, 5.41) is 0. The predicted octanol–water partition coefficient (Wildman–Crippen LogP) is 5.01. The van der Waals surface area contributed by atoms with E-state index < -0.39 is 0 Å². The van der Waals surface area contributed by atoms with Crippen molar-refractivity contribution in [2.75, 3.05) is 126 Å². The van der Waals surface area contributed by atoms with Crippen LogP contribution in [-0.2, 0) is 52.2 Å². The molecule has 0 N–H and O–H groups in total. The van der Waals surface area contributed by atoms with Crippen molar-refractivity contribution in [1.82, 2.24) is 0 Å². The molecule has 0 fully saturated rings. The zero-order valence-electron chi connectivity index (χ0n) is 28.2. The lowest BCUT2D eigenvalue weighted by molar-refractivity contribution is -0.145. The summed E-state index contributed by atoms with van der Waals surface area (Å²) >= 11 is 0. The quantitative estimate of drug-likeness (QED) is 0.0670. The zero-order valence-corrected chi connectivity index (χ0v) is 28.2. The molecule has 264 valence electrons. The molecular weight excluding hydrogens is 572 g/mol. The molecule has 0 aliphatic heterocycles. The van der Waals surface area contributed by atoms with Gasteiger partial charge in [-0.3, -0.25) is 4.79 Å². The first-order valence-corrected chi connectivity index (χ1v) is 17.2. The summed E-state index contributed by atoms with van der Waals surface area (Å²) in [5.41, 5.74) is 0. The molecule has 0 atom stereocenters. The summed E-state index contributed by atoms with van der Waals surface area (Å²) in [6, 6.07) is 0. The minimum absolute atomic E-state index is 0.148. The van der Waals surface area contributed by atoms with Gasteiger partial charge in [0.15, 0.2) is 0 Å². The van der Waals surface area contributed by atoms with Crippen molar-refractivity contribution in [3.8, 4) is 0 Å². The van der Waals surface area contributed by atoms with Gasteiger partial charge in [0.1, 0.15) is 6.61 Å². The molecule has 44 heavy (non-hydrogen) atoms. The third kappa shape index (κ3) is 39.1. The van der Waals surface area contributed by atoms with Gasteiger partial charge < -0.3 is 47.4 Å². The molecular formula is C33H66O11. The lowest BCUT2D eigenvalue weighted by atomic mass is 10.1. The molecule has 0 saturated heterocycles. The van der Waals surface area contributed by atoms with Crippen LogP contribution in [-0.4, -0.2) is 132 Å². The Bertz CT molecular complexity index is 540. The largest absolute Gasteiger partial charge is 0.463 e. The van der Waals surface area contributed by atoms with Crippen LogP contribution in [0.1, 0.15) is 84.5 Å². The van der Waals surface area contributed by atoms with Crippen LogP contribution < -0.4 is 0 Å². The number of rotatable bonds is 39. The third-order valence-corrected chi connectivity index (χ3v) is 6.34. The Morgan fingerprint density at radius 1 is 0.318 bits per heavy atom. The minimum Gasteiger partial charge on any atom is -0.463 e. The monoisotopic (exact) mass is 638 g/mol. The van der Waals surface area contributed by atoms with Crippen LogP contribution in [0.15, 0.2) is 0 Å². The van der Waals surface area contributed by atoms with Crippen molar-refractivity contribution < 1.29 is 52.2 Å². The first-order valence-electron chi connectivity index (χ1n) is 17.2. The summed E-state index contributed by atoms with van der Waals surface area (Å²) in [7, 11) is 0. The average Bonchev–Trinajstić information content (AvgIpc) is 3.03. The van der Waals surface area contributed by atoms with E-state index in [0.29, 0.717) is 119 Å². The SMILES string of the molecule is CCCCCCCCOCCOCCOCCOCCOCCOCCOCCOCCOCCOC(=O)CCCCCC. The zero-order chi connectivity index (χ0) is 31.9. The standard InChI is InChI=1S/C33H66O11/c1-3-5-7-9-10-12-14-35-15-16-36-17-18-37-19-20-38-21-22-39-23-24-40-25-26-41-27-28-42-29-30-43-31-32-44-33(34)13-11-8-6-4-2/h3-32H2,1-2H3. The highest BCUT2D eigenvalue weighted by molar-refractivity contribution is 5.69. The molecule has 0 heterocycles. The topological polar surface area (TPSA) is 109 Å². The van der Waals surface area contributed by atoms with E-state index in [4.69, 9.17) is 47.4 Å². The summed E-state index contributed by atoms with van der Waals surface area (Å²) in [4.78, 5) is 11.5. The normalized spacial score (nSPS) is 11.4. The van der Waals surface area contributed by atoms with E-state index in [2.05, 4.69) is 13.8 Å². The van der Waals surface area contributed by atoms with E-state index in [1.165, 1.54) is 32.1 Å². The van der Waals surface area contributed by atoms with Gasteiger partial charge in [-0.15, -0.1) is 0 Å². The van der Waals surface area contributed by atoms with E-state index in [0.717, 1.165) is 38.7 Å². The van der Waals surface area contributed by atoms with E-state index >= 15 is 0 Å². The molecule has 0 saturated carbocycles. The Morgan fingerprint density at radius 2 is 0.591 bits per heavy atom. The molecule has 0 aromatic heterocycles. The number of hydrogen-bond donors (Lipinski definition) is 0. The first-order chi connectivity index (χ1) is 21.8. The van der Waals surface area contributed by atoms with Crippen molar-refractivity contribution in [2.45, 2.75) is 84.5 Å². The van der Waals surface area contributed by atoms with Gasteiger partial charge in [-0.05, 0) is 12.8 Å². The molecule has 11 heteroatoms. The van der Waals surface area contributed by atoms with Crippen LogP contribution >= 0.6 is 0 Å². The van der Waals surface area contributed by atoms with Gasteiger partial charge in [0.05, 0.1) is 112 Å². The third-order valence-electron chi connectivity index (χ3n) is 6.34. The van der Waals surface area contributed by atoms with E-state index in [1.807, 2.05) is 0 Å². The van der Waals surface area contributed by atoms with E-state index in [1.54, 1.807) is 0 Å². The second-order valence-corrected chi connectivity index (χ2v) is 10.3. The molecule has 0 aromatic rings. The Labute approximate surface area is 268 Å². The molecule has 0 radical (unpaired) electrons. The minimum atomic E-state index is -0.148. The van der Waals surface area contributed by atoms with Crippen molar-refractivity contribution in [3.63, 3.8) is 0 Å². The van der Waals surface area contributed by atoms with Crippen molar-refractivity contribution in [3.05, 3.63) is 0 Å². The van der Waals surface area contributed by atoms with Crippen LogP contribution in [0, 0.1) is 0 Å². The van der Waals surface area contributed by atoms with Gasteiger partial charge in [0.25, 0.3) is 0 Å². The summed E-state index contributed by atoms with van der Waals surface area (Å²) in [5.74, 6) is -0.148. The molecule has 0 aliphatic rings. The number of esters is 1. The number of unbranched alkanes of at least 4 members (excludes halogenated alkanes) is 8. The van der Waals surface area contributed by atoms with E-state index in [-0.39, 0.29) is 12.6 Å². The van der Waals surface area contributed by atoms with Crippen molar-refractivity contribution >= 4 is 5.97 Å². The molecule has 0 aliphatic carbocycles. The fraction of sp³-hybridized carbons (Fsp3) is 0.970. The Hall–Kier alpha value is -0.890. The summed E-state index contributed by atoms with van der Waals surface area (Å²) < 4.78 is 54.5. The number of carbonyl (C=O) groups excluding carboxylic acids is 1. The van der Waals surface area contributed by atoms with Crippen molar-refractivity contribution in [2.24, 2.45) is 0 Å². The maximum absolute atomic E-state index is 11.5. The fourth-order valence-electron chi connectivity index (χ4n) is 3.83. The highest BCUT2D eigenvalue weighted by atomic mass is 16.6. The highest BCUT2D eigenvalue weighted by Gasteiger charge is 2.02. The van der Waals surface area contributed by atoms with Crippen LogP contribution in [0.3, 0.4) is 0 Å². The Kier molecular flexibility index (Phi) is 39.3. The Balaban J connectivity index is 3.07. The van der Waals surface area contributed by atoms with Gasteiger partial charge in [-0.25, -0.2) is 0 Å². The highest BCUT2D eigenvalue weighted by Crippen LogP contribution is 2.05. The molecule has 0 rings (SSSR count). The first kappa shape index (κ1) is 43.1. The van der Waals surface area contributed by atoms with Gasteiger partial charge >= 0.3 is 5.97 Å². The fourth-order valence-corrected chi connectivity index (χ4v) is 3.83. The van der Waals surface area contributed by atoms with E-state index in [9.17, 15) is 4.79 Å². The molecule has 0 aromatic carbocycles. The lowest BCUT2D eigenvalue weighted by Crippen LogP contribution is -2.15. The molecule has 0 spiro atoms. The predicted molar refractivity (Wildman–Crippen MR) is 170 cm³/mol. The van der Waals surface area contributed by atoms with Gasteiger partial charge in [-0.1, -0.05) is 65.2 Å². The van der Waals surface area contributed by atoms with Gasteiger partial charge in [-0.2, -0.15) is 0 Å². The molecule has 0 bridgehead atoms. The maximum Gasteiger partial charge on any atom is 0.305 e. The second-order valence-electron chi connectivity index (χ2n) is 10.3. The molecule has 11 nitrogen and oxygen atoms in total. The van der Waals surface area contributed by atoms with Crippen LogP contribution in [0.5, 0.6) is 0 Å². The number of carbonyl (C=O) groups is 1. The molecule has 0 amide bonds. The maximum atomic E-state index is 11.5. The van der Waals surface area contributed by atoms with Crippen LogP contribution in [0.2, 0.25) is 0 Å². The smallest absolute Gasteiger partial charge is 0.305 e. The lowest BCUT2D eigenvalue weighted by Gasteiger charge is -2.09. The van der Waals surface area contributed by atoms with Crippen molar-refractivity contribution in [1.29, 1.82) is 0 Å². The summed E-state index contributed by atoms with van der Waals surface area (Å²) in [6.45, 7) is 14.3. The molecule has 0 unspecified atom stereocenters. The average molecular weight is 639 g/mol. The summed E-state index contributed by atoms with van der Waals surface area (Å²) in [6.07, 6.45) is 12.5. The van der Waals surface area contributed by atoms with Gasteiger partial charge in [0.2, 0.25) is 0 Å². The van der Waals surface area contributed by atoms with Gasteiger partial charge in [0, 0.05) is 13.0 Å². The second kappa shape index (κ2) is 40.1. The Morgan fingerprint density at radius 3 is 0.955 bits per heavy atom. The van der Waals surface area contributed by atoms with Crippen LogP contribution in [0.25, 0.3) is 0 Å². The number of ether oxygens (including phenoxy) is 10. The number of hydrogen-bond acceptors (Lipinski definition) is 11. The van der Waals surface area contributed by atoms with Crippen LogP contribution in [0.4, 0.5) is 0 Å².